The van der Waals surface area contributed by atoms with Crippen LogP contribution in [-0.2, 0) is 4.74 Å². The van der Waals surface area contributed by atoms with E-state index in [2.05, 4.69) is 28.9 Å². The molecule has 15 heavy (non-hydrogen) atoms. The summed E-state index contributed by atoms with van der Waals surface area (Å²) in [4.78, 5) is 2.59. The molecule has 0 aliphatic carbocycles. The largest absolute Gasteiger partial charge is 0.380 e. The minimum absolute atomic E-state index is 0.437. The quantitative estimate of drug-likeness (QED) is 0.775. The van der Waals surface area contributed by atoms with Gasteiger partial charge in [-0.15, -0.1) is 0 Å². The lowest BCUT2D eigenvalue weighted by atomic mass is 10.2. The molecule has 2 aliphatic rings. The van der Waals surface area contributed by atoms with E-state index >= 15 is 0 Å². The molecule has 4 heteroatoms. The van der Waals surface area contributed by atoms with Gasteiger partial charge in [-0.2, -0.15) is 11.8 Å². The standard InChI is InChI=1S/C11H22N2OS/c1-9-7-13(3-4-15-9)8-10-5-11(14-2)6-12-10/h9-12H,3-8H2,1-2H3. The van der Waals surface area contributed by atoms with E-state index in [4.69, 9.17) is 4.74 Å². The van der Waals surface area contributed by atoms with Gasteiger partial charge in [-0.1, -0.05) is 6.92 Å². The minimum atomic E-state index is 0.437. The Hall–Kier alpha value is 0.230. The summed E-state index contributed by atoms with van der Waals surface area (Å²) in [5, 5.41) is 4.35. The zero-order valence-electron chi connectivity index (χ0n) is 9.74. The Bertz CT molecular complexity index is 203. The third-order valence-electron chi connectivity index (χ3n) is 3.32. The van der Waals surface area contributed by atoms with Crippen LogP contribution >= 0.6 is 11.8 Å². The molecular weight excluding hydrogens is 208 g/mol. The number of methoxy groups -OCH3 is 1. The highest BCUT2D eigenvalue weighted by molar-refractivity contribution is 7.99. The van der Waals surface area contributed by atoms with E-state index in [0.29, 0.717) is 12.1 Å². The predicted molar refractivity (Wildman–Crippen MR) is 65.6 cm³/mol. The van der Waals surface area contributed by atoms with Crippen LogP contribution in [0, 0.1) is 0 Å². The van der Waals surface area contributed by atoms with Crippen molar-refractivity contribution in [2.75, 3.05) is 39.0 Å². The van der Waals surface area contributed by atoms with E-state index in [0.717, 1.165) is 11.8 Å². The van der Waals surface area contributed by atoms with Gasteiger partial charge < -0.3 is 10.1 Å². The number of ether oxygens (including phenoxy) is 1. The zero-order chi connectivity index (χ0) is 10.7. The molecule has 0 aromatic heterocycles. The van der Waals surface area contributed by atoms with Gasteiger partial charge in [-0.05, 0) is 6.42 Å². The number of rotatable bonds is 3. The van der Waals surface area contributed by atoms with Crippen LogP contribution in [0.4, 0.5) is 0 Å². The molecule has 88 valence electrons. The molecule has 2 aliphatic heterocycles. The number of hydrogen-bond acceptors (Lipinski definition) is 4. The molecule has 0 bridgehead atoms. The first-order valence-electron chi connectivity index (χ1n) is 5.88. The summed E-state index contributed by atoms with van der Waals surface area (Å²) in [6, 6.07) is 0.644. The van der Waals surface area contributed by atoms with E-state index in [9.17, 15) is 0 Å². The topological polar surface area (TPSA) is 24.5 Å². The Kier molecular flexibility index (Phi) is 4.31. The van der Waals surface area contributed by atoms with Gasteiger partial charge in [-0.3, -0.25) is 4.90 Å². The molecule has 3 unspecified atom stereocenters. The van der Waals surface area contributed by atoms with E-state index in [-0.39, 0.29) is 0 Å². The number of nitrogens with zero attached hydrogens (tertiary/aromatic N) is 1. The van der Waals surface area contributed by atoms with E-state index in [1.54, 1.807) is 0 Å². The van der Waals surface area contributed by atoms with Gasteiger partial charge in [0.2, 0.25) is 0 Å². The van der Waals surface area contributed by atoms with Crippen molar-refractivity contribution < 1.29 is 4.74 Å². The molecule has 0 aromatic rings. The summed E-state index contributed by atoms with van der Waals surface area (Å²) in [6.07, 6.45) is 1.61. The van der Waals surface area contributed by atoms with Crippen molar-refractivity contribution in [1.82, 2.24) is 10.2 Å². The second-order valence-electron chi connectivity index (χ2n) is 4.64. The Morgan fingerprint density at radius 3 is 3.07 bits per heavy atom. The van der Waals surface area contributed by atoms with Crippen molar-refractivity contribution in [3.8, 4) is 0 Å². The summed E-state index contributed by atoms with van der Waals surface area (Å²) < 4.78 is 5.37. The first-order valence-corrected chi connectivity index (χ1v) is 6.93. The summed E-state index contributed by atoms with van der Waals surface area (Å²) in [5.41, 5.74) is 0. The van der Waals surface area contributed by atoms with Gasteiger partial charge >= 0.3 is 0 Å². The second-order valence-corrected chi connectivity index (χ2v) is 6.19. The molecule has 0 spiro atoms. The molecule has 2 saturated heterocycles. The van der Waals surface area contributed by atoms with Crippen molar-refractivity contribution in [3.05, 3.63) is 0 Å². The average Bonchev–Trinajstić information content (AvgIpc) is 2.65. The van der Waals surface area contributed by atoms with Crippen LogP contribution in [-0.4, -0.2) is 61.3 Å². The Labute approximate surface area is 96.9 Å². The number of nitrogens with one attached hydrogen (secondary N) is 1. The molecule has 3 atom stereocenters. The smallest absolute Gasteiger partial charge is 0.0711 e. The zero-order valence-corrected chi connectivity index (χ0v) is 10.6. The molecule has 2 rings (SSSR count). The van der Waals surface area contributed by atoms with E-state index in [1.807, 2.05) is 7.11 Å². The normalized spacial score (nSPS) is 38.4. The summed E-state index contributed by atoms with van der Waals surface area (Å²) in [7, 11) is 1.81. The van der Waals surface area contributed by atoms with Gasteiger partial charge in [0.05, 0.1) is 6.10 Å². The monoisotopic (exact) mass is 230 g/mol. The Morgan fingerprint density at radius 1 is 1.53 bits per heavy atom. The first kappa shape index (κ1) is 11.7. The Morgan fingerprint density at radius 2 is 2.40 bits per heavy atom. The maximum absolute atomic E-state index is 5.37. The molecule has 2 heterocycles. The van der Waals surface area contributed by atoms with Gasteiger partial charge in [0.15, 0.2) is 0 Å². The molecule has 0 saturated carbocycles. The van der Waals surface area contributed by atoms with E-state index < -0.39 is 0 Å². The SMILES string of the molecule is COC1CNC(CN2CCSC(C)C2)C1. The fourth-order valence-electron chi connectivity index (χ4n) is 2.47. The van der Waals surface area contributed by atoms with Gasteiger partial charge in [0.25, 0.3) is 0 Å². The van der Waals surface area contributed by atoms with Crippen LogP contribution in [0.2, 0.25) is 0 Å². The average molecular weight is 230 g/mol. The van der Waals surface area contributed by atoms with Crippen LogP contribution in [0.3, 0.4) is 0 Å². The third kappa shape index (κ3) is 3.34. The van der Waals surface area contributed by atoms with Gasteiger partial charge in [0, 0.05) is 50.3 Å². The van der Waals surface area contributed by atoms with Crippen LogP contribution < -0.4 is 5.32 Å². The fraction of sp³-hybridized carbons (Fsp3) is 1.00. The molecular formula is C11H22N2OS. The predicted octanol–water partition coefficient (Wildman–Crippen LogP) is 0.801. The molecule has 0 radical (unpaired) electrons. The summed E-state index contributed by atoms with van der Waals surface area (Å²) >= 11 is 2.10. The van der Waals surface area contributed by atoms with Crippen LogP contribution in [0.1, 0.15) is 13.3 Å². The summed E-state index contributed by atoms with van der Waals surface area (Å²) in [5.74, 6) is 1.29. The van der Waals surface area contributed by atoms with Crippen molar-refractivity contribution in [3.63, 3.8) is 0 Å². The van der Waals surface area contributed by atoms with Gasteiger partial charge in [-0.25, -0.2) is 0 Å². The first-order chi connectivity index (χ1) is 7.28. The molecule has 0 amide bonds. The molecule has 1 N–H and O–H groups in total. The molecule has 2 fully saturated rings. The van der Waals surface area contributed by atoms with Crippen LogP contribution in [0.5, 0.6) is 0 Å². The Balaban J connectivity index is 1.72. The minimum Gasteiger partial charge on any atom is -0.380 e. The highest BCUT2D eigenvalue weighted by Crippen LogP contribution is 2.19. The second kappa shape index (κ2) is 5.53. The third-order valence-corrected chi connectivity index (χ3v) is 4.46. The van der Waals surface area contributed by atoms with E-state index in [1.165, 1.54) is 31.8 Å². The number of hydrogen-bond donors (Lipinski definition) is 1. The van der Waals surface area contributed by atoms with Crippen molar-refractivity contribution >= 4 is 11.8 Å². The number of thioether (sulfide) groups is 1. The maximum Gasteiger partial charge on any atom is 0.0711 e. The van der Waals surface area contributed by atoms with Crippen molar-refractivity contribution in [2.24, 2.45) is 0 Å². The van der Waals surface area contributed by atoms with Gasteiger partial charge in [0.1, 0.15) is 0 Å². The van der Waals surface area contributed by atoms with Crippen LogP contribution in [0.15, 0.2) is 0 Å². The van der Waals surface area contributed by atoms with Crippen LogP contribution in [0.25, 0.3) is 0 Å². The molecule has 0 aromatic carbocycles. The van der Waals surface area contributed by atoms with Crippen molar-refractivity contribution in [2.45, 2.75) is 30.7 Å². The lowest BCUT2D eigenvalue weighted by Crippen LogP contribution is -2.43. The molecule has 3 nitrogen and oxygen atoms in total. The summed E-state index contributed by atoms with van der Waals surface area (Å²) in [6.45, 7) is 7.06. The highest BCUT2D eigenvalue weighted by Gasteiger charge is 2.26. The fourth-order valence-corrected chi connectivity index (χ4v) is 3.55. The highest BCUT2D eigenvalue weighted by atomic mass is 32.2. The van der Waals surface area contributed by atoms with Crippen molar-refractivity contribution in [1.29, 1.82) is 0 Å². The maximum atomic E-state index is 5.37. The lowest BCUT2D eigenvalue weighted by molar-refractivity contribution is 0.115. The lowest BCUT2D eigenvalue weighted by Gasteiger charge is -2.32.